The van der Waals surface area contributed by atoms with E-state index >= 15 is 0 Å². The maximum atomic E-state index is 6.03. The van der Waals surface area contributed by atoms with E-state index in [1.807, 2.05) is 47.3 Å². The lowest BCUT2D eigenvalue weighted by atomic mass is 10.1. The first-order chi connectivity index (χ1) is 13.7. The number of hydrogen-bond donors (Lipinski definition) is 2. The van der Waals surface area contributed by atoms with Gasteiger partial charge in [0, 0.05) is 43.8 Å². The fourth-order valence-corrected chi connectivity index (χ4v) is 3.05. The first-order valence-corrected chi connectivity index (χ1v) is 9.71. The van der Waals surface area contributed by atoms with Crippen molar-refractivity contribution in [1.82, 2.24) is 25.4 Å². The summed E-state index contributed by atoms with van der Waals surface area (Å²) in [5.41, 5.74) is 2.23. The van der Waals surface area contributed by atoms with Gasteiger partial charge in [-0.25, -0.2) is 4.98 Å². The molecule has 2 aromatic heterocycles. The van der Waals surface area contributed by atoms with E-state index in [0.717, 1.165) is 30.1 Å². The van der Waals surface area contributed by atoms with E-state index in [-0.39, 0.29) is 30.0 Å². The van der Waals surface area contributed by atoms with Gasteiger partial charge in [0.25, 0.3) is 0 Å². The summed E-state index contributed by atoms with van der Waals surface area (Å²) in [4.78, 5) is 8.40. The van der Waals surface area contributed by atoms with Crippen molar-refractivity contribution < 1.29 is 0 Å². The first kappa shape index (κ1) is 23.4. The number of halogens is 3. The molecule has 1 unspecified atom stereocenters. The van der Waals surface area contributed by atoms with Gasteiger partial charge in [0.15, 0.2) is 5.96 Å². The quantitative estimate of drug-likeness (QED) is 0.202. The Morgan fingerprint density at radius 3 is 2.55 bits per heavy atom. The third kappa shape index (κ3) is 7.17. The smallest absolute Gasteiger partial charge is 0.191 e. The number of nitrogens with one attached hydrogen (secondary N) is 2. The number of aliphatic imine (C=N–C) groups is 1. The van der Waals surface area contributed by atoms with Crippen LogP contribution in [0.5, 0.6) is 0 Å². The Bertz CT molecular complexity index is 882. The molecule has 0 saturated heterocycles. The Morgan fingerprint density at radius 2 is 1.93 bits per heavy atom. The number of nitrogens with zero attached hydrogens (tertiary/aromatic N) is 4. The molecule has 154 valence electrons. The van der Waals surface area contributed by atoms with Crippen LogP contribution in [0.3, 0.4) is 0 Å². The standard InChI is InChI=1S/C20H22Cl2N6.HI/c1-23-20(24-11-9-15-3-8-19(22)25-13-15)26-14-18(28-12-2-10-27-28)16-4-6-17(21)7-5-16;/h2-8,10,12-13,18H,9,11,14H2,1H3,(H2,23,24,26);1H. The van der Waals surface area contributed by atoms with Gasteiger partial charge >= 0.3 is 0 Å². The molecule has 0 aliphatic heterocycles. The second-order valence-electron chi connectivity index (χ2n) is 6.17. The van der Waals surface area contributed by atoms with E-state index < -0.39 is 0 Å². The van der Waals surface area contributed by atoms with Crippen LogP contribution in [0.2, 0.25) is 10.2 Å². The Labute approximate surface area is 197 Å². The minimum Gasteiger partial charge on any atom is -0.356 e. The molecular weight excluding hydrogens is 522 g/mol. The average molecular weight is 545 g/mol. The lowest BCUT2D eigenvalue weighted by Gasteiger charge is -2.20. The van der Waals surface area contributed by atoms with E-state index in [2.05, 4.69) is 25.7 Å². The molecular formula is C20H23Cl2IN6. The van der Waals surface area contributed by atoms with E-state index in [4.69, 9.17) is 23.2 Å². The highest BCUT2D eigenvalue weighted by atomic mass is 127. The molecule has 2 heterocycles. The van der Waals surface area contributed by atoms with Crippen LogP contribution >= 0.6 is 47.2 Å². The molecule has 2 N–H and O–H groups in total. The summed E-state index contributed by atoms with van der Waals surface area (Å²) >= 11 is 11.8. The minimum atomic E-state index is 0. The SMILES string of the molecule is CN=C(NCCc1ccc(Cl)nc1)NCC(c1ccc(Cl)cc1)n1cccn1.I. The molecule has 0 amide bonds. The number of hydrogen-bond acceptors (Lipinski definition) is 3. The molecule has 29 heavy (non-hydrogen) atoms. The van der Waals surface area contributed by atoms with Crippen LogP contribution < -0.4 is 10.6 Å². The Hall–Kier alpha value is -1.84. The van der Waals surface area contributed by atoms with Gasteiger partial charge < -0.3 is 10.6 Å². The van der Waals surface area contributed by atoms with E-state index in [1.54, 1.807) is 25.5 Å². The molecule has 3 rings (SSSR count). The van der Waals surface area contributed by atoms with Crippen molar-refractivity contribution in [2.75, 3.05) is 20.1 Å². The van der Waals surface area contributed by atoms with Crippen molar-refractivity contribution in [2.45, 2.75) is 12.5 Å². The molecule has 0 saturated carbocycles. The monoisotopic (exact) mass is 544 g/mol. The van der Waals surface area contributed by atoms with Crippen molar-refractivity contribution >= 4 is 53.1 Å². The number of benzene rings is 1. The zero-order valence-electron chi connectivity index (χ0n) is 15.9. The topological polar surface area (TPSA) is 67.1 Å². The molecule has 6 nitrogen and oxygen atoms in total. The van der Waals surface area contributed by atoms with Crippen LogP contribution in [0, 0.1) is 0 Å². The number of pyridine rings is 1. The summed E-state index contributed by atoms with van der Waals surface area (Å²) in [6.07, 6.45) is 6.33. The zero-order chi connectivity index (χ0) is 19.8. The predicted molar refractivity (Wildman–Crippen MR) is 130 cm³/mol. The maximum Gasteiger partial charge on any atom is 0.191 e. The summed E-state index contributed by atoms with van der Waals surface area (Å²) in [6.45, 7) is 1.36. The summed E-state index contributed by atoms with van der Waals surface area (Å²) in [5.74, 6) is 0.730. The van der Waals surface area contributed by atoms with E-state index in [9.17, 15) is 0 Å². The van der Waals surface area contributed by atoms with Gasteiger partial charge in [-0.15, -0.1) is 24.0 Å². The molecule has 0 bridgehead atoms. The van der Waals surface area contributed by atoms with Crippen LogP contribution in [-0.2, 0) is 6.42 Å². The molecule has 0 radical (unpaired) electrons. The number of aromatic nitrogens is 3. The van der Waals surface area contributed by atoms with Gasteiger partial charge in [0.05, 0.1) is 6.04 Å². The third-order valence-electron chi connectivity index (χ3n) is 4.28. The Morgan fingerprint density at radius 1 is 1.14 bits per heavy atom. The zero-order valence-corrected chi connectivity index (χ0v) is 19.8. The summed E-state index contributed by atoms with van der Waals surface area (Å²) in [7, 11) is 1.75. The highest BCUT2D eigenvalue weighted by molar-refractivity contribution is 14.0. The van der Waals surface area contributed by atoms with Crippen molar-refractivity contribution in [2.24, 2.45) is 4.99 Å². The predicted octanol–water partition coefficient (Wildman–Crippen LogP) is 4.20. The molecule has 1 aromatic carbocycles. The average Bonchev–Trinajstić information content (AvgIpc) is 3.24. The van der Waals surface area contributed by atoms with Crippen LogP contribution in [0.1, 0.15) is 17.2 Å². The number of guanidine groups is 1. The second kappa shape index (κ2) is 12.0. The van der Waals surface area contributed by atoms with Crippen molar-refractivity contribution in [3.05, 3.63) is 82.4 Å². The lowest BCUT2D eigenvalue weighted by molar-refractivity contribution is 0.511. The van der Waals surface area contributed by atoms with Crippen LogP contribution in [0.4, 0.5) is 0 Å². The maximum absolute atomic E-state index is 6.03. The van der Waals surface area contributed by atoms with Gasteiger partial charge in [-0.2, -0.15) is 5.10 Å². The van der Waals surface area contributed by atoms with Gasteiger partial charge in [0.2, 0.25) is 0 Å². The van der Waals surface area contributed by atoms with E-state index in [1.165, 1.54) is 0 Å². The molecule has 0 spiro atoms. The third-order valence-corrected chi connectivity index (χ3v) is 4.76. The van der Waals surface area contributed by atoms with Crippen molar-refractivity contribution in [3.63, 3.8) is 0 Å². The highest BCUT2D eigenvalue weighted by Gasteiger charge is 2.14. The second-order valence-corrected chi connectivity index (χ2v) is 7.00. The number of rotatable bonds is 7. The minimum absolute atomic E-state index is 0. The van der Waals surface area contributed by atoms with Crippen molar-refractivity contribution in [1.29, 1.82) is 0 Å². The fraction of sp³-hybridized carbons (Fsp3) is 0.250. The Balaban J connectivity index is 0.00000300. The summed E-state index contributed by atoms with van der Waals surface area (Å²) in [5, 5.41) is 12.3. The molecule has 0 aliphatic rings. The van der Waals surface area contributed by atoms with Crippen LogP contribution in [-0.4, -0.2) is 40.9 Å². The van der Waals surface area contributed by atoms with E-state index in [0.29, 0.717) is 16.7 Å². The largest absolute Gasteiger partial charge is 0.356 e. The summed E-state index contributed by atoms with van der Waals surface area (Å²) in [6, 6.07) is 13.5. The lowest BCUT2D eigenvalue weighted by Crippen LogP contribution is -2.41. The summed E-state index contributed by atoms with van der Waals surface area (Å²) < 4.78 is 1.92. The normalized spacial score (nSPS) is 12.2. The van der Waals surface area contributed by atoms with Gasteiger partial charge in [-0.05, 0) is 41.8 Å². The van der Waals surface area contributed by atoms with Gasteiger partial charge in [-0.1, -0.05) is 41.4 Å². The Kier molecular flexibility index (Phi) is 9.69. The highest BCUT2D eigenvalue weighted by Crippen LogP contribution is 2.19. The van der Waals surface area contributed by atoms with Crippen LogP contribution in [0.25, 0.3) is 0 Å². The van der Waals surface area contributed by atoms with Gasteiger partial charge in [0.1, 0.15) is 5.15 Å². The molecule has 9 heteroatoms. The molecule has 1 atom stereocenters. The molecule has 0 aliphatic carbocycles. The molecule has 0 fully saturated rings. The first-order valence-electron chi connectivity index (χ1n) is 8.95. The van der Waals surface area contributed by atoms with Crippen LogP contribution in [0.15, 0.2) is 66.0 Å². The van der Waals surface area contributed by atoms with Crippen molar-refractivity contribution in [3.8, 4) is 0 Å². The molecule has 3 aromatic rings. The fourth-order valence-electron chi connectivity index (χ4n) is 2.81. The van der Waals surface area contributed by atoms with Gasteiger partial charge in [-0.3, -0.25) is 9.67 Å².